The van der Waals surface area contributed by atoms with Gasteiger partial charge in [-0.05, 0) is 24.7 Å². The van der Waals surface area contributed by atoms with Gasteiger partial charge in [0.25, 0.3) is 0 Å². The molecular formula is C16H28N2O5S. The average molecular weight is 360 g/mol. The van der Waals surface area contributed by atoms with Crippen molar-refractivity contribution in [1.29, 1.82) is 0 Å². The maximum Gasteiger partial charge on any atom is 0.329 e. The van der Waals surface area contributed by atoms with Gasteiger partial charge in [0.2, 0.25) is 5.91 Å². The molecule has 3 N–H and O–H groups in total. The van der Waals surface area contributed by atoms with Crippen LogP contribution in [0.25, 0.3) is 0 Å². The summed E-state index contributed by atoms with van der Waals surface area (Å²) in [7, 11) is 1.26. The van der Waals surface area contributed by atoms with Crippen LogP contribution in [-0.4, -0.2) is 58.8 Å². The Morgan fingerprint density at radius 3 is 2.42 bits per heavy atom. The van der Waals surface area contributed by atoms with E-state index in [0.29, 0.717) is 5.92 Å². The third-order valence-electron chi connectivity index (χ3n) is 4.69. The van der Waals surface area contributed by atoms with E-state index < -0.39 is 36.4 Å². The number of esters is 1. The molecule has 1 aliphatic carbocycles. The maximum absolute atomic E-state index is 12.9. The summed E-state index contributed by atoms with van der Waals surface area (Å²) in [4.78, 5) is 37.3. The normalized spacial score (nSPS) is 22.9. The predicted octanol–water partition coefficient (Wildman–Crippen LogP) is 0.913. The van der Waals surface area contributed by atoms with E-state index in [-0.39, 0.29) is 17.7 Å². The number of carboxylic acids is 1. The van der Waals surface area contributed by atoms with Crippen LogP contribution in [0.1, 0.15) is 39.5 Å². The van der Waals surface area contributed by atoms with Crippen LogP contribution < -0.4 is 5.73 Å². The number of thiol groups is 1. The molecular weight excluding hydrogens is 332 g/mol. The van der Waals surface area contributed by atoms with Crippen LogP contribution in [0.4, 0.5) is 0 Å². The summed E-state index contributed by atoms with van der Waals surface area (Å²) in [6.07, 6.45) is 2.19. The lowest BCUT2D eigenvalue weighted by Crippen LogP contribution is -2.58. The highest BCUT2D eigenvalue weighted by Gasteiger charge is 2.43. The highest BCUT2D eigenvalue weighted by atomic mass is 32.1. The second-order valence-corrected chi connectivity index (χ2v) is 6.94. The Labute approximate surface area is 148 Å². The number of nitrogens with zero attached hydrogens (tertiary/aromatic N) is 1. The van der Waals surface area contributed by atoms with Gasteiger partial charge in [-0.25, -0.2) is 4.79 Å². The van der Waals surface area contributed by atoms with Crippen LogP contribution in [0.5, 0.6) is 0 Å². The summed E-state index contributed by atoms with van der Waals surface area (Å²) in [6.45, 7) is 4.16. The van der Waals surface area contributed by atoms with E-state index in [9.17, 15) is 14.4 Å². The van der Waals surface area contributed by atoms with Crippen molar-refractivity contribution in [3.8, 4) is 0 Å². The molecule has 138 valence electrons. The van der Waals surface area contributed by atoms with Crippen molar-refractivity contribution in [1.82, 2.24) is 4.90 Å². The van der Waals surface area contributed by atoms with E-state index >= 15 is 0 Å². The molecule has 8 heteroatoms. The summed E-state index contributed by atoms with van der Waals surface area (Å²) in [6, 6.07) is -2.22. The zero-order chi connectivity index (χ0) is 18.4. The van der Waals surface area contributed by atoms with Crippen LogP contribution in [0, 0.1) is 11.8 Å². The molecule has 0 aliphatic heterocycles. The SMILES string of the molecule is COC(=O)[C@H](CS)N(C(=O)[C@@H](N)CC(=O)O)[C@H]1CCCC1C(C)C. The highest BCUT2D eigenvalue weighted by molar-refractivity contribution is 7.80. The zero-order valence-corrected chi connectivity index (χ0v) is 15.4. The molecule has 0 aromatic carbocycles. The van der Waals surface area contributed by atoms with Gasteiger partial charge in [-0.15, -0.1) is 0 Å². The molecule has 1 amide bonds. The molecule has 0 aromatic heterocycles. The van der Waals surface area contributed by atoms with Crippen LogP contribution >= 0.6 is 12.6 Å². The molecule has 0 saturated heterocycles. The number of rotatable bonds is 8. The predicted molar refractivity (Wildman–Crippen MR) is 92.7 cm³/mol. The zero-order valence-electron chi connectivity index (χ0n) is 14.5. The Bertz CT molecular complexity index is 471. The number of methoxy groups -OCH3 is 1. The van der Waals surface area contributed by atoms with Gasteiger partial charge in [0.05, 0.1) is 19.6 Å². The van der Waals surface area contributed by atoms with Crippen molar-refractivity contribution < 1.29 is 24.2 Å². The van der Waals surface area contributed by atoms with Crippen LogP contribution in [0.2, 0.25) is 0 Å². The summed E-state index contributed by atoms with van der Waals surface area (Å²) in [5.41, 5.74) is 5.79. The Hall–Kier alpha value is -1.28. The number of carbonyl (C=O) groups excluding carboxylic acids is 2. The van der Waals surface area contributed by atoms with Gasteiger partial charge in [-0.1, -0.05) is 20.3 Å². The van der Waals surface area contributed by atoms with E-state index in [1.54, 1.807) is 0 Å². The second-order valence-electron chi connectivity index (χ2n) is 6.58. The summed E-state index contributed by atoms with van der Waals surface area (Å²) < 4.78 is 4.81. The third kappa shape index (κ3) is 4.86. The lowest BCUT2D eigenvalue weighted by molar-refractivity contribution is -0.156. The van der Waals surface area contributed by atoms with Crippen molar-refractivity contribution >= 4 is 30.5 Å². The van der Waals surface area contributed by atoms with E-state index in [4.69, 9.17) is 15.6 Å². The Balaban J connectivity index is 3.17. The van der Waals surface area contributed by atoms with E-state index in [1.165, 1.54) is 12.0 Å². The molecule has 1 rings (SSSR count). The molecule has 24 heavy (non-hydrogen) atoms. The second kappa shape index (κ2) is 9.27. The lowest BCUT2D eigenvalue weighted by Gasteiger charge is -2.39. The van der Waals surface area contributed by atoms with Gasteiger partial charge in [-0.3, -0.25) is 9.59 Å². The molecule has 1 saturated carbocycles. The van der Waals surface area contributed by atoms with Gasteiger partial charge in [0.15, 0.2) is 0 Å². The molecule has 0 heterocycles. The van der Waals surface area contributed by atoms with E-state index in [0.717, 1.165) is 19.3 Å². The number of hydrogen-bond acceptors (Lipinski definition) is 6. The van der Waals surface area contributed by atoms with Crippen LogP contribution in [0.15, 0.2) is 0 Å². The number of carbonyl (C=O) groups is 3. The van der Waals surface area contributed by atoms with Gasteiger partial charge < -0.3 is 20.5 Å². The Morgan fingerprint density at radius 2 is 1.96 bits per heavy atom. The van der Waals surface area contributed by atoms with Crippen LogP contribution in [-0.2, 0) is 19.1 Å². The topological polar surface area (TPSA) is 110 Å². The molecule has 4 atom stereocenters. The molecule has 0 spiro atoms. The fraction of sp³-hybridized carbons (Fsp3) is 0.812. The first-order valence-corrected chi connectivity index (χ1v) is 8.86. The Kier molecular flexibility index (Phi) is 8.02. The molecule has 7 nitrogen and oxygen atoms in total. The monoisotopic (exact) mass is 360 g/mol. The standard InChI is InChI=1S/C16H28N2O5S/c1-9(2)10-5-4-6-12(10)18(13(8-24)16(22)23-3)15(21)11(17)7-14(19)20/h9-13,24H,4-8,17H2,1-3H3,(H,19,20)/t10?,11-,12-,13-/m0/s1. The molecule has 1 fully saturated rings. The third-order valence-corrected chi connectivity index (χ3v) is 5.04. The number of ether oxygens (including phenoxy) is 1. The molecule has 1 aliphatic rings. The summed E-state index contributed by atoms with van der Waals surface area (Å²) >= 11 is 4.20. The number of aliphatic carboxylic acids is 1. The summed E-state index contributed by atoms with van der Waals surface area (Å²) in [5.74, 6) is -1.57. The minimum atomic E-state index is -1.19. The molecule has 1 unspecified atom stereocenters. The van der Waals surface area contributed by atoms with E-state index in [1.807, 2.05) is 0 Å². The van der Waals surface area contributed by atoms with Gasteiger partial charge in [0.1, 0.15) is 6.04 Å². The molecule has 0 aromatic rings. The lowest BCUT2D eigenvalue weighted by atomic mass is 9.89. The average Bonchev–Trinajstić information content (AvgIpc) is 2.99. The smallest absolute Gasteiger partial charge is 0.329 e. The number of amides is 1. The molecule has 0 radical (unpaired) electrons. The maximum atomic E-state index is 12.9. The van der Waals surface area contributed by atoms with Crippen molar-refractivity contribution in [3.63, 3.8) is 0 Å². The first kappa shape index (κ1) is 20.8. The van der Waals surface area contributed by atoms with Crippen molar-refractivity contribution in [2.24, 2.45) is 17.6 Å². The number of carboxylic acid groups (broad SMARTS) is 1. The first-order chi connectivity index (χ1) is 11.2. The highest BCUT2D eigenvalue weighted by Crippen LogP contribution is 2.36. The fourth-order valence-electron chi connectivity index (χ4n) is 3.52. The van der Waals surface area contributed by atoms with Crippen molar-refractivity contribution in [2.75, 3.05) is 12.9 Å². The van der Waals surface area contributed by atoms with Gasteiger partial charge in [0, 0.05) is 11.8 Å². The number of hydrogen-bond donors (Lipinski definition) is 3. The molecule has 0 bridgehead atoms. The Morgan fingerprint density at radius 1 is 1.33 bits per heavy atom. The minimum absolute atomic E-state index is 0.0967. The van der Waals surface area contributed by atoms with Crippen molar-refractivity contribution in [2.45, 2.75) is 57.7 Å². The number of nitrogens with two attached hydrogens (primary N) is 1. The van der Waals surface area contributed by atoms with Crippen LogP contribution in [0.3, 0.4) is 0 Å². The van der Waals surface area contributed by atoms with E-state index in [2.05, 4.69) is 26.5 Å². The van der Waals surface area contributed by atoms with Crippen molar-refractivity contribution in [3.05, 3.63) is 0 Å². The largest absolute Gasteiger partial charge is 0.481 e. The summed E-state index contributed by atoms with van der Waals surface area (Å²) in [5, 5.41) is 8.91. The quantitative estimate of drug-likeness (QED) is 0.438. The fourth-order valence-corrected chi connectivity index (χ4v) is 3.84. The minimum Gasteiger partial charge on any atom is -0.481 e. The van der Waals surface area contributed by atoms with Gasteiger partial charge >= 0.3 is 11.9 Å². The van der Waals surface area contributed by atoms with Gasteiger partial charge in [-0.2, -0.15) is 12.6 Å². The first-order valence-electron chi connectivity index (χ1n) is 8.22.